The summed E-state index contributed by atoms with van der Waals surface area (Å²) in [6, 6.07) is 8.49. The monoisotopic (exact) mass is 360 g/mol. The van der Waals surface area contributed by atoms with E-state index in [0.717, 1.165) is 18.8 Å². The van der Waals surface area contributed by atoms with Crippen molar-refractivity contribution in [1.29, 1.82) is 0 Å². The molecule has 0 amide bonds. The average molecular weight is 360 g/mol. The van der Waals surface area contributed by atoms with Gasteiger partial charge in [0.25, 0.3) is 0 Å². The number of methoxy groups -OCH3 is 2. The number of carbonyl (C=O) groups excluding carboxylic acids is 2. The van der Waals surface area contributed by atoms with Gasteiger partial charge in [-0.25, -0.2) is 9.59 Å². The third-order valence-corrected chi connectivity index (χ3v) is 4.08. The quantitative estimate of drug-likeness (QED) is 0.549. The van der Waals surface area contributed by atoms with Gasteiger partial charge in [0.05, 0.1) is 31.9 Å². The lowest BCUT2D eigenvalue weighted by molar-refractivity contribution is -0.672. The number of benzene rings is 1. The molecule has 6 nitrogen and oxygen atoms in total. The van der Waals surface area contributed by atoms with Gasteiger partial charge in [0.1, 0.15) is 12.3 Å². The van der Waals surface area contributed by atoms with Crippen LogP contribution in [-0.4, -0.2) is 32.7 Å². The topological polar surface area (TPSA) is 82.3 Å². The summed E-state index contributed by atoms with van der Waals surface area (Å²) in [6.45, 7) is 4.00. The van der Waals surface area contributed by atoms with Crippen molar-refractivity contribution in [3.8, 4) is 11.3 Å². The van der Waals surface area contributed by atoms with Crippen LogP contribution in [0.2, 0.25) is 0 Å². The number of nitrogens with two attached hydrogens (primary N) is 1. The predicted molar refractivity (Wildman–Crippen MR) is 96.8 cm³/mol. The average Bonchev–Trinajstić information content (AvgIpc) is 3.15. The van der Waals surface area contributed by atoms with E-state index >= 15 is 0 Å². The van der Waals surface area contributed by atoms with Gasteiger partial charge in [0.15, 0.2) is 5.76 Å². The Bertz CT molecular complexity index is 716. The number of hydrogen-bond acceptors (Lipinski definition) is 5. The summed E-state index contributed by atoms with van der Waals surface area (Å²) in [5.41, 5.74) is 1.18. The Morgan fingerprint density at radius 3 is 2.23 bits per heavy atom. The molecule has 0 radical (unpaired) electrons. The van der Waals surface area contributed by atoms with Crippen LogP contribution < -0.4 is 5.32 Å². The van der Waals surface area contributed by atoms with Crippen LogP contribution in [0.25, 0.3) is 11.3 Å². The minimum atomic E-state index is -0.520. The van der Waals surface area contributed by atoms with Gasteiger partial charge in [0.2, 0.25) is 0 Å². The second-order valence-electron chi connectivity index (χ2n) is 6.04. The van der Waals surface area contributed by atoms with Crippen molar-refractivity contribution in [2.45, 2.75) is 32.7 Å². The standard InChI is InChI=1S/C20H25NO5/c1-4-5-6-9-21-13-17-7-8-18(26-17)14-10-15(19(22)24-2)12-16(11-14)20(23)25-3/h7-8,10-12,21H,4-6,9,13H2,1-3H3/p+1. The van der Waals surface area contributed by atoms with Gasteiger partial charge in [-0.1, -0.05) is 13.3 Å². The molecule has 2 aromatic rings. The Labute approximate surface area is 153 Å². The number of ether oxygens (including phenoxy) is 2. The van der Waals surface area contributed by atoms with Crippen LogP contribution in [0.3, 0.4) is 0 Å². The zero-order valence-corrected chi connectivity index (χ0v) is 15.5. The molecule has 0 aliphatic heterocycles. The Morgan fingerprint density at radius 1 is 1.00 bits per heavy atom. The maximum absolute atomic E-state index is 11.9. The summed E-state index contributed by atoms with van der Waals surface area (Å²) >= 11 is 0. The molecule has 0 fully saturated rings. The van der Waals surface area contributed by atoms with Crippen molar-refractivity contribution in [2.75, 3.05) is 20.8 Å². The second-order valence-corrected chi connectivity index (χ2v) is 6.04. The SMILES string of the molecule is CCCCC[NH2+]Cc1ccc(-c2cc(C(=O)OC)cc(C(=O)OC)c2)o1. The number of carbonyl (C=O) groups is 2. The van der Waals surface area contributed by atoms with Gasteiger partial charge in [-0.05, 0) is 43.2 Å². The van der Waals surface area contributed by atoms with E-state index in [9.17, 15) is 9.59 Å². The van der Waals surface area contributed by atoms with Crippen molar-refractivity contribution in [3.63, 3.8) is 0 Å². The summed E-state index contributed by atoms with van der Waals surface area (Å²) in [6.07, 6.45) is 3.63. The fourth-order valence-corrected chi connectivity index (χ4v) is 2.67. The van der Waals surface area contributed by atoms with E-state index in [2.05, 4.69) is 12.2 Å². The number of hydrogen-bond donors (Lipinski definition) is 1. The second kappa shape index (κ2) is 9.77. The lowest BCUT2D eigenvalue weighted by atomic mass is 10.0. The van der Waals surface area contributed by atoms with E-state index in [1.807, 2.05) is 12.1 Å². The Balaban J connectivity index is 2.19. The van der Waals surface area contributed by atoms with Crippen molar-refractivity contribution in [2.24, 2.45) is 0 Å². The first-order valence-corrected chi connectivity index (χ1v) is 8.81. The molecule has 140 valence electrons. The first kappa shape index (κ1) is 19.7. The van der Waals surface area contributed by atoms with Crippen LogP contribution in [0.5, 0.6) is 0 Å². The predicted octanol–water partition coefficient (Wildman–Crippen LogP) is 2.77. The summed E-state index contributed by atoms with van der Waals surface area (Å²) < 4.78 is 15.4. The first-order valence-electron chi connectivity index (χ1n) is 8.81. The van der Waals surface area contributed by atoms with Crippen LogP contribution in [0.15, 0.2) is 34.7 Å². The molecule has 1 heterocycles. The van der Waals surface area contributed by atoms with Gasteiger partial charge in [-0.15, -0.1) is 0 Å². The minimum Gasteiger partial charge on any atom is -0.465 e. The number of quaternary nitrogens is 1. The summed E-state index contributed by atoms with van der Waals surface area (Å²) in [4.78, 5) is 23.8. The number of unbranched alkanes of at least 4 members (excludes halogenated alkanes) is 2. The molecule has 0 aliphatic rings. The number of esters is 2. The largest absolute Gasteiger partial charge is 0.465 e. The van der Waals surface area contributed by atoms with Crippen LogP contribution in [0, 0.1) is 0 Å². The van der Waals surface area contributed by atoms with E-state index in [1.165, 1.54) is 39.5 Å². The van der Waals surface area contributed by atoms with Crippen LogP contribution >= 0.6 is 0 Å². The molecule has 0 aliphatic carbocycles. The molecule has 2 rings (SSSR count). The van der Waals surface area contributed by atoms with E-state index in [0.29, 0.717) is 11.3 Å². The maximum Gasteiger partial charge on any atom is 0.337 e. The highest BCUT2D eigenvalue weighted by Crippen LogP contribution is 2.25. The van der Waals surface area contributed by atoms with Crippen molar-refractivity contribution in [1.82, 2.24) is 0 Å². The third kappa shape index (κ3) is 5.20. The van der Waals surface area contributed by atoms with E-state index in [-0.39, 0.29) is 11.1 Å². The fraction of sp³-hybridized carbons (Fsp3) is 0.400. The molecule has 1 aromatic heterocycles. The molecule has 6 heteroatoms. The van der Waals surface area contributed by atoms with E-state index < -0.39 is 11.9 Å². The highest BCUT2D eigenvalue weighted by Gasteiger charge is 2.16. The molecule has 0 saturated heterocycles. The van der Waals surface area contributed by atoms with Gasteiger partial charge < -0.3 is 19.2 Å². The first-order chi connectivity index (χ1) is 12.6. The van der Waals surface area contributed by atoms with E-state index in [1.54, 1.807) is 12.1 Å². The van der Waals surface area contributed by atoms with Crippen LogP contribution in [0.4, 0.5) is 0 Å². The number of rotatable bonds is 9. The Morgan fingerprint density at radius 2 is 1.65 bits per heavy atom. The molecular formula is C20H26NO5+. The van der Waals surface area contributed by atoms with Gasteiger partial charge in [0, 0.05) is 5.56 Å². The van der Waals surface area contributed by atoms with Gasteiger partial charge in [-0.2, -0.15) is 0 Å². The molecule has 1 aromatic carbocycles. The Kier molecular flexibility index (Phi) is 7.41. The Hall–Kier alpha value is -2.60. The van der Waals surface area contributed by atoms with E-state index in [4.69, 9.17) is 13.9 Å². The summed E-state index contributed by atoms with van der Waals surface area (Å²) in [5.74, 6) is 0.401. The van der Waals surface area contributed by atoms with Crippen molar-refractivity contribution in [3.05, 3.63) is 47.2 Å². The summed E-state index contributed by atoms with van der Waals surface area (Å²) in [5, 5.41) is 2.21. The van der Waals surface area contributed by atoms with Crippen LogP contribution in [0.1, 0.15) is 52.7 Å². The van der Waals surface area contributed by atoms with Crippen LogP contribution in [-0.2, 0) is 16.0 Å². The maximum atomic E-state index is 11.9. The highest BCUT2D eigenvalue weighted by molar-refractivity contribution is 5.97. The molecule has 26 heavy (non-hydrogen) atoms. The van der Waals surface area contributed by atoms with Crippen molar-refractivity contribution < 1.29 is 28.8 Å². The lowest BCUT2D eigenvalue weighted by Crippen LogP contribution is -2.82. The molecule has 0 saturated carbocycles. The van der Waals surface area contributed by atoms with Crippen molar-refractivity contribution >= 4 is 11.9 Å². The van der Waals surface area contributed by atoms with Gasteiger partial charge >= 0.3 is 11.9 Å². The summed E-state index contributed by atoms with van der Waals surface area (Å²) in [7, 11) is 2.60. The molecule has 0 unspecified atom stereocenters. The molecule has 0 spiro atoms. The normalized spacial score (nSPS) is 10.6. The molecule has 2 N–H and O–H groups in total. The highest BCUT2D eigenvalue weighted by atomic mass is 16.5. The zero-order valence-electron chi connectivity index (χ0n) is 15.5. The fourth-order valence-electron chi connectivity index (χ4n) is 2.67. The molecule has 0 atom stereocenters. The lowest BCUT2D eigenvalue weighted by Gasteiger charge is -2.06. The minimum absolute atomic E-state index is 0.273. The number of furan rings is 1. The third-order valence-electron chi connectivity index (χ3n) is 4.08. The molecule has 0 bridgehead atoms. The molecular weight excluding hydrogens is 334 g/mol. The zero-order chi connectivity index (χ0) is 18.9. The van der Waals surface area contributed by atoms with Gasteiger partial charge in [-0.3, -0.25) is 0 Å². The smallest absolute Gasteiger partial charge is 0.337 e.